The third-order valence-electron chi connectivity index (χ3n) is 2.88. The summed E-state index contributed by atoms with van der Waals surface area (Å²) >= 11 is 12.1. The molecule has 2 aromatic carbocycles. The van der Waals surface area contributed by atoms with Crippen molar-refractivity contribution in [1.29, 1.82) is 5.41 Å². The zero-order valence-corrected chi connectivity index (χ0v) is 12.8. The van der Waals surface area contributed by atoms with Crippen LogP contribution in [0.2, 0.25) is 10.0 Å². The van der Waals surface area contributed by atoms with Crippen LogP contribution in [0.15, 0.2) is 36.4 Å². The summed E-state index contributed by atoms with van der Waals surface area (Å²) in [5, 5.41) is 8.35. The molecule has 0 bridgehead atoms. The third kappa shape index (κ3) is 3.60. The van der Waals surface area contributed by atoms with Crippen molar-refractivity contribution in [2.45, 2.75) is 6.61 Å². The molecule has 0 amide bonds. The van der Waals surface area contributed by atoms with Crippen molar-refractivity contribution >= 4 is 29.0 Å². The van der Waals surface area contributed by atoms with Crippen LogP contribution in [-0.4, -0.2) is 12.9 Å². The molecule has 0 unspecified atom stereocenters. The van der Waals surface area contributed by atoms with Gasteiger partial charge in [-0.1, -0.05) is 29.3 Å². The molecule has 3 N–H and O–H groups in total. The minimum absolute atomic E-state index is 0.0188. The zero-order chi connectivity index (χ0) is 15.4. The lowest BCUT2D eigenvalue weighted by Crippen LogP contribution is -2.12. The Hall–Kier alpha value is -1.91. The molecule has 21 heavy (non-hydrogen) atoms. The van der Waals surface area contributed by atoms with E-state index in [0.29, 0.717) is 27.1 Å². The number of rotatable bonds is 5. The summed E-state index contributed by atoms with van der Waals surface area (Å²) in [5.41, 5.74) is 6.84. The maximum atomic E-state index is 7.48. The standard InChI is InChI=1S/C15H14Cl2N2O2/c1-20-13-6-5-9(15(18)19)7-10(13)8-21-14-11(16)3-2-4-12(14)17/h2-7H,8H2,1H3,(H3,18,19). The lowest BCUT2D eigenvalue weighted by atomic mass is 10.1. The van der Waals surface area contributed by atoms with Gasteiger partial charge in [0.1, 0.15) is 18.2 Å². The smallest absolute Gasteiger partial charge is 0.156 e. The van der Waals surface area contributed by atoms with E-state index in [9.17, 15) is 0 Å². The average molecular weight is 325 g/mol. The van der Waals surface area contributed by atoms with Crippen LogP contribution < -0.4 is 15.2 Å². The largest absolute Gasteiger partial charge is 0.496 e. The van der Waals surface area contributed by atoms with Gasteiger partial charge in [-0.05, 0) is 30.3 Å². The van der Waals surface area contributed by atoms with Crippen LogP contribution in [0, 0.1) is 5.41 Å². The molecule has 0 aliphatic heterocycles. The van der Waals surface area contributed by atoms with Gasteiger partial charge in [-0.3, -0.25) is 5.41 Å². The van der Waals surface area contributed by atoms with Crippen LogP contribution in [0.5, 0.6) is 11.5 Å². The lowest BCUT2D eigenvalue weighted by Gasteiger charge is -2.13. The number of amidine groups is 1. The maximum Gasteiger partial charge on any atom is 0.156 e. The van der Waals surface area contributed by atoms with Gasteiger partial charge < -0.3 is 15.2 Å². The van der Waals surface area contributed by atoms with Crippen LogP contribution in [0.25, 0.3) is 0 Å². The van der Waals surface area contributed by atoms with Crippen LogP contribution in [0.3, 0.4) is 0 Å². The van der Waals surface area contributed by atoms with Crippen molar-refractivity contribution in [2.75, 3.05) is 7.11 Å². The molecule has 0 aromatic heterocycles. The number of nitrogen functional groups attached to an aromatic ring is 1. The molecule has 0 atom stereocenters. The van der Waals surface area contributed by atoms with Crippen molar-refractivity contribution in [3.63, 3.8) is 0 Å². The van der Waals surface area contributed by atoms with Crippen LogP contribution in [-0.2, 0) is 6.61 Å². The van der Waals surface area contributed by atoms with Gasteiger partial charge >= 0.3 is 0 Å². The fourth-order valence-electron chi connectivity index (χ4n) is 1.83. The van der Waals surface area contributed by atoms with Crippen molar-refractivity contribution < 1.29 is 9.47 Å². The Kier molecular flexibility index (Phi) is 4.94. The molecule has 0 heterocycles. The van der Waals surface area contributed by atoms with E-state index in [2.05, 4.69) is 0 Å². The minimum Gasteiger partial charge on any atom is -0.496 e. The van der Waals surface area contributed by atoms with Gasteiger partial charge in [0, 0.05) is 11.1 Å². The highest BCUT2D eigenvalue weighted by molar-refractivity contribution is 6.37. The second-order valence-corrected chi connectivity index (χ2v) is 5.09. The second-order valence-electron chi connectivity index (χ2n) is 4.28. The summed E-state index contributed by atoms with van der Waals surface area (Å²) in [4.78, 5) is 0. The van der Waals surface area contributed by atoms with E-state index in [1.54, 1.807) is 43.5 Å². The summed E-state index contributed by atoms with van der Waals surface area (Å²) in [6.07, 6.45) is 0. The topological polar surface area (TPSA) is 68.3 Å². The minimum atomic E-state index is -0.0188. The van der Waals surface area contributed by atoms with E-state index < -0.39 is 0 Å². The molecule has 0 saturated carbocycles. The summed E-state index contributed by atoms with van der Waals surface area (Å²) in [6.45, 7) is 0.202. The summed E-state index contributed by atoms with van der Waals surface area (Å²) in [7, 11) is 1.56. The molecule has 2 rings (SSSR count). The first-order valence-corrected chi connectivity index (χ1v) is 6.86. The first-order chi connectivity index (χ1) is 10.0. The molecule has 0 aliphatic rings. The number of hydrogen-bond acceptors (Lipinski definition) is 3. The van der Waals surface area contributed by atoms with Crippen LogP contribution in [0.1, 0.15) is 11.1 Å². The highest BCUT2D eigenvalue weighted by Gasteiger charge is 2.10. The van der Waals surface area contributed by atoms with E-state index in [1.807, 2.05) is 0 Å². The highest BCUT2D eigenvalue weighted by Crippen LogP contribution is 2.33. The molecular weight excluding hydrogens is 311 g/mol. The lowest BCUT2D eigenvalue weighted by molar-refractivity contribution is 0.297. The van der Waals surface area contributed by atoms with E-state index in [1.165, 1.54) is 0 Å². The van der Waals surface area contributed by atoms with Gasteiger partial charge in [-0.2, -0.15) is 0 Å². The number of para-hydroxylation sites is 1. The molecule has 110 valence electrons. The van der Waals surface area contributed by atoms with Crippen molar-refractivity contribution in [2.24, 2.45) is 5.73 Å². The Balaban J connectivity index is 2.26. The molecule has 0 radical (unpaired) electrons. The summed E-state index contributed by atoms with van der Waals surface area (Å²) in [6, 6.07) is 10.3. The molecule has 0 spiro atoms. The fraction of sp³-hybridized carbons (Fsp3) is 0.133. The SMILES string of the molecule is COc1ccc(C(=N)N)cc1COc1c(Cl)cccc1Cl. The van der Waals surface area contributed by atoms with Crippen LogP contribution >= 0.6 is 23.2 Å². The number of benzene rings is 2. The number of hydrogen-bond donors (Lipinski definition) is 2. The second kappa shape index (κ2) is 6.70. The summed E-state index contributed by atoms with van der Waals surface area (Å²) in [5.74, 6) is 1.04. The Bertz CT molecular complexity index is 654. The third-order valence-corrected chi connectivity index (χ3v) is 3.48. The van der Waals surface area contributed by atoms with Gasteiger partial charge in [0.15, 0.2) is 5.75 Å². The number of ether oxygens (including phenoxy) is 2. The van der Waals surface area contributed by atoms with E-state index >= 15 is 0 Å². The van der Waals surface area contributed by atoms with Crippen molar-refractivity contribution in [3.8, 4) is 11.5 Å². The maximum absolute atomic E-state index is 7.48. The predicted octanol–water partition coefficient (Wildman–Crippen LogP) is 3.87. The zero-order valence-electron chi connectivity index (χ0n) is 11.3. The molecule has 0 aliphatic carbocycles. The van der Waals surface area contributed by atoms with E-state index in [-0.39, 0.29) is 12.4 Å². The highest BCUT2D eigenvalue weighted by atomic mass is 35.5. The monoisotopic (exact) mass is 324 g/mol. The first kappa shape index (κ1) is 15.5. The molecule has 2 aromatic rings. The van der Waals surface area contributed by atoms with Crippen LogP contribution in [0.4, 0.5) is 0 Å². The van der Waals surface area contributed by atoms with Gasteiger partial charge in [0.05, 0.1) is 17.2 Å². The van der Waals surface area contributed by atoms with Gasteiger partial charge in [-0.25, -0.2) is 0 Å². The number of nitrogens with two attached hydrogens (primary N) is 1. The molecule has 4 nitrogen and oxygen atoms in total. The Morgan fingerprint density at radius 3 is 2.43 bits per heavy atom. The summed E-state index contributed by atoms with van der Waals surface area (Å²) < 4.78 is 10.9. The average Bonchev–Trinajstić information content (AvgIpc) is 2.46. The molecular formula is C15H14Cl2N2O2. The quantitative estimate of drug-likeness (QED) is 0.648. The number of methoxy groups -OCH3 is 1. The Morgan fingerprint density at radius 1 is 1.19 bits per heavy atom. The normalized spacial score (nSPS) is 10.2. The van der Waals surface area contributed by atoms with E-state index in [0.717, 1.165) is 5.56 Å². The van der Waals surface area contributed by atoms with Crippen molar-refractivity contribution in [1.82, 2.24) is 0 Å². The fourth-order valence-corrected chi connectivity index (χ4v) is 2.34. The predicted molar refractivity (Wildman–Crippen MR) is 84.8 cm³/mol. The molecule has 6 heteroatoms. The molecule has 0 fully saturated rings. The van der Waals surface area contributed by atoms with Gasteiger partial charge in [-0.15, -0.1) is 0 Å². The van der Waals surface area contributed by atoms with Gasteiger partial charge in [0.2, 0.25) is 0 Å². The molecule has 0 saturated heterocycles. The Labute approximate surface area is 132 Å². The number of halogens is 2. The first-order valence-electron chi connectivity index (χ1n) is 6.11. The van der Waals surface area contributed by atoms with Crippen molar-refractivity contribution in [3.05, 3.63) is 57.6 Å². The van der Waals surface area contributed by atoms with E-state index in [4.69, 9.17) is 43.8 Å². The van der Waals surface area contributed by atoms with Gasteiger partial charge in [0.25, 0.3) is 0 Å². The number of nitrogens with one attached hydrogen (secondary N) is 1. The Morgan fingerprint density at radius 2 is 1.86 bits per heavy atom.